The minimum Gasteiger partial charge on any atom is -0.458 e. The Morgan fingerprint density at radius 3 is 2.28 bits per heavy atom. The van der Waals surface area contributed by atoms with Crippen molar-refractivity contribution >= 4 is 11.9 Å². The van der Waals surface area contributed by atoms with Gasteiger partial charge < -0.3 is 15.4 Å². The van der Waals surface area contributed by atoms with Gasteiger partial charge >= 0.3 is 5.97 Å². The van der Waals surface area contributed by atoms with Crippen molar-refractivity contribution in [3.63, 3.8) is 0 Å². The van der Waals surface area contributed by atoms with Gasteiger partial charge in [-0.25, -0.2) is 10.1 Å². The van der Waals surface area contributed by atoms with E-state index in [0.29, 0.717) is 19.0 Å². The first-order chi connectivity index (χ1) is 12.1. The topological polar surface area (TPSA) is 106 Å². The third-order valence-electron chi connectivity index (χ3n) is 5.99. The van der Waals surface area contributed by atoms with Crippen molar-refractivity contribution in [3.8, 4) is 0 Å². The van der Waals surface area contributed by atoms with Gasteiger partial charge in [-0.1, -0.05) is 38.5 Å². The number of carbonyl (C=O) groups is 1. The fraction of sp³-hybridized carbons (Fsp3) is 0.882. The lowest BCUT2D eigenvalue weighted by atomic mass is 9.61. The summed E-state index contributed by atoms with van der Waals surface area (Å²) in [5.74, 6) is 0.518. The minimum atomic E-state index is -0.748. The van der Waals surface area contributed by atoms with E-state index in [-0.39, 0.29) is 23.4 Å². The largest absolute Gasteiger partial charge is 0.458 e. The number of guanidine groups is 1. The molecule has 3 fully saturated rings. The highest BCUT2D eigenvalue weighted by Crippen LogP contribution is 2.49. The lowest BCUT2D eigenvalue weighted by Crippen LogP contribution is -2.55. The van der Waals surface area contributed by atoms with Gasteiger partial charge in [-0.15, -0.1) is 0 Å². The van der Waals surface area contributed by atoms with Crippen LogP contribution in [-0.4, -0.2) is 36.2 Å². The molecule has 0 amide bonds. The summed E-state index contributed by atoms with van der Waals surface area (Å²) in [4.78, 5) is 23.5. The Morgan fingerprint density at radius 1 is 1.08 bits per heavy atom. The molecule has 0 bridgehead atoms. The first kappa shape index (κ1) is 17.9. The monoisotopic (exact) mass is 352 g/mol. The Kier molecular flexibility index (Phi) is 5.75. The standard InChI is InChI=1S/C17H28N4O4/c22-15(25-14-11-18-16(19-12-14)20-21(23)24)17(9-5-2-6-10-17)13-7-3-1-4-8-13/h13-14H,1-12H2,(H2,18,19,20). The molecule has 140 valence electrons. The highest BCUT2D eigenvalue weighted by molar-refractivity contribution is 5.81. The zero-order chi connectivity index (χ0) is 17.7. The zero-order valence-electron chi connectivity index (χ0n) is 14.7. The van der Waals surface area contributed by atoms with Crippen LogP contribution in [0.5, 0.6) is 0 Å². The van der Waals surface area contributed by atoms with Gasteiger partial charge in [-0.05, 0) is 31.6 Å². The quantitative estimate of drug-likeness (QED) is 0.456. The van der Waals surface area contributed by atoms with Crippen LogP contribution in [0.3, 0.4) is 0 Å². The molecule has 8 nitrogen and oxygen atoms in total. The second-order valence-electron chi connectivity index (χ2n) is 7.53. The number of nitrogens with zero attached hydrogens (tertiary/aromatic N) is 2. The number of ether oxygens (including phenoxy) is 1. The van der Waals surface area contributed by atoms with E-state index in [1.54, 1.807) is 0 Å². The summed E-state index contributed by atoms with van der Waals surface area (Å²) in [6, 6.07) is 0. The minimum absolute atomic E-state index is 0.0534. The van der Waals surface area contributed by atoms with Gasteiger partial charge in [0.15, 0.2) is 5.03 Å². The average molecular weight is 352 g/mol. The van der Waals surface area contributed by atoms with Gasteiger partial charge in [0.2, 0.25) is 0 Å². The molecule has 8 heteroatoms. The number of nitrogens with one attached hydrogen (secondary N) is 2. The maximum absolute atomic E-state index is 13.1. The molecule has 1 heterocycles. The van der Waals surface area contributed by atoms with Crippen molar-refractivity contribution in [1.82, 2.24) is 10.6 Å². The summed E-state index contributed by atoms with van der Waals surface area (Å²) in [6.07, 6.45) is 11.0. The molecule has 2 N–H and O–H groups in total. The van der Waals surface area contributed by atoms with Crippen LogP contribution >= 0.6 is 0 Å². The van der Waals surface area contributed by atoms with E-state index < -0.39 is 5.03 Å². The van der Waals surface area contributed by atoms with Crippen molar-refractivity contribution in [2.45, 2.75) is 70.3 Å². The van der Waals surface area contributed by atoms with Gasteiger partial charge in [-0.3, -0.25) is 4.79 Å². The number of hydrogen-bond acceptors (Lipinski definition) is 4. The summed E-state index contributed by atoms with van der Waals surface area (Å²) < 4.78 is 5.85. The molecule has 3 rings (SSSR count). The summed E-state index contributed by atoms with van der Waals surface area (Å²) in [5.41, 5.74) is -0.312. The lowest BCUT2D eigenvalue weighted by molar-refractivity contribution is -0.485. The Balaban J connectivity index is 1.62. The predicted octanol–water partition coefficient (Wildman–Crippen LogP) is 2.17. The van der Waals surface area contributed by atoms with E-state index in [1.807, 2.05) is 0 Å². The van der Waals surface area contributed by atoms with Crippen molar-refractivity contribution in [2.75, 3.05) is 13.1 Å². The number of esters is 1. The van der Waals surface area contributed by atoms with Crippen LogP contribution in [0.15, 0.2) is 5.10 Å². The molecule has 1 aliphatic heterocycles. The van der Waals surface area contributed by atoms with Crippen LogP contribution in [0.25, 0.3) is 0 Å². The number of hydrogen-bond donors (Lipinski definition) is 2. The van der Waals surface area contributed by atoms with Crippen LogP contribution in [0.4, 0.5) is 0 Å². The predicted molar refractivity (Wildman–Crippen MR) is 92.4 cm³/mol. The smallest absolute Gasteiger partial charge is 0.312 e. The van der Waals surface area contributed by atoms with Crippen molar-refractivity contribution in [1.29, 1.82) is 0 Å². The first-order valence-electron chi connectivity index (χ1n) is 9.52. The molecule has 0 aromatic carbocycles. The van der Waals surface area contributed by atoms with Crippen molar-refractivity contribution < 1.29 is 14.6 Å². The normalized spacial score (nSPS) is 26.9. The van der Waals surface area contributed by atoms with Crippen LogP contribution in [0.1, 0.15) is 64.2 Å². The third-order valence-corrected chi connectivity index (χ3v) is 5.99. The lowest BCUT2D eigenvalue weighted by Gasteiger charge is -2.44. The summed E-state index contributed by atoms with van der Waals surface area (Å²) >= 11 is 0. The molecule has 0 radical (unpaired) electrons. The Hall–Kier alpha value is -1.86. The molecular formula is C17H28N4O4. The highest BCUT2D eigenvalue weighted by Gasteiger charge is 2.48. The molecule has 1 saturated heterocycles. The molecule has 2 saturated carbocycles. The fourth-order valence-corrected chi connectivity index (χ4v) is 4.68. The van der Waals surface area contributed by atoms with Crippen LogP contribution in [-0.2, 0) is 9.53 Å². The molecule has 0 aromatic rings. The Labute approximate surface area is 147 Å². The second-order valence-corrected chi connectivity index (χ2v) is 7.53. The summed E-state index contributed by atoms with van der Waals surface area (Å²) in [5, 5.41) is 18.5. The van der Waals surface area contributed by atoms with Gasteiger partial charge in [0, 0.05) is 0 Å². The maximum Gasteiger partial charge on any atom is 0.312 e. The maximum atomic E-state index is 13.1. The van der Waals surface area contributed by atoms with Crippen LogP contribution < -0.4 is 10.6 Å². The molecular weight excluding hydrogens is 324 g/mol. The zero-order valence-corrected chi connectivity index (χ0v) is 14.7. The number of rotatable bonds is 4. The molecule has 25 heavy (non-hydrogen) atoms. The highest BCUT2D eigenvalue weighted by atomic mass is 16.7. The summed E-state index contributed by atoms with van der Waals surface area (Å²) in [7, 11) is 0. The number of carbonyl (C=O) groups excluding carboxylic acids is 1. The Bertz CT molecular complexity index is 515. The number of nitro groups is 1. The van der Waals surface area contributed by atoms with Crippen molar-refractivity contribution in [2.24, 2.45) is 16.4 Å². The van der Waals surface area contributed by atoms with E-state index in [2.05, 4.69) is 15.7 Å². The third kappa shape index (κ3) is 4.22. The SMILES string of the molecule is O=C(OC1CNC(=N[N+](=O)[O-])NC1)C1(C2CCCCC2)CCCCC1. The fourth-order valence-electron chi connectivity index (χ4n) is 4.68. The van der Waals surface area contributed by atoms with Gasteiger partial charge in [0.1, 0.15) is 11.2 Å². The Morgan fingerprint density at radius 2 is 1.68 bits per heavy atom. The van der Waals surface area contributed by atoms with E-state index in [9.17, 15) is 14.9 Å². The molecule has 0 unspecified atom stereocenters. The van der Waals surface area contributed by atoms with Gasteiger partial charge in [-0.2, -0.15) is 0 Å². The van der Waals surface area contributed by atoms with Crippen molar-refractivity contribution in [3.05, 3.63) is 10.1 Å². The molecule has 0 atom stereocenters. The van der Waals surface area contributed by atoms with Crippen LogP contribution in [0.2, 0.25) is 0 Å². The average Bonchev–Trinajstić information content (AvgIpc) is 2.64. The van der Waals surface area contributed by atoms with Crippen LogP contribution in [0, 0.1) is 21.4 Å². The molecule has 2 aliphatic carbocycles. The second kappa shape index (κ2) is 8.01. The first-order valence-corrected chi connectivity index (χ1v) is 9.52. The number of hydrazone groups is 1. The molecule has 0 spiro atoms. The van der Waals surface area contributed by atoms with E-state index >= 15 is 0 Å². The molecule has 3 aliphatic rings. The molecule has 0 aromatic heterocycles. The van der Waals surface area contributed by atoms with E-state index in [1.165, 1.54) is 25.7 Å². The van der Waals surface area contributed by atoms with Gasteiger partial charge in [0.25, 0.3) is 5.96 Å². The van der Waals surface area contributed by atoms with E-state index in [0.717, 1.165) is 38.5 Å². The van der Waals surface area contributed by atoms with E-state index in [4.69, 9.17) is 4.74 Å². The summed E-state index contributed by atoms with van der Waals surface area (Å²) in [6.45, 7) is 0.707. The van der Waals surface area contributed by atoms with Gasteiger partial charge in [0.05, 0.1) is 18.5 Å².